The molecule has 0 spiro atoms. The smallest absolute Gasteiger partial charge is 0.354 e. The maximum atomic E-state index is 10.6. The molecule has 72 valence electrons. The number of nitrogens with one attached hydrogen (secondary N) is 1. The molecule has 0 aliphatic carbocycles. The second kappa shape index (κ2) is 4.64. The van der Waals surface area contributed by atoms with Crippen molar-refractivity contribution >= 4 is 5.97 Å². The highest BCUT2D eigenvalue weighted by atomic mass is 16.4. The highest BCUT2D eigenvalue weighted by Crippen LogP contribution is 2.09. The molecular weight excluding hydrogens is 168 g/mol. The SMILES string of the molecule is CCCCCc1cn[nH]c1C(=O)O. The fraction of sp³-hybridized carbons (Fsp3) is 0.556. The second-order valence-corrected chi connectivity index (χ2v) is 3.03. The van der Waals surface area contributed by atoms with Gasteiger partial charge >= 0.3 is 5.97 Å². The molecule has 4 nitrogen and oxygen atoms in total. The molecule has 0 radical (unpaired) electrons. The van der Waals surface area contributed by atoms with Gasteiger partial charge in [-0.05, 0) is 12.8 Å². The number of nitrogens with zero attached hydrogens (tertiary/aromatic N) is 1. The number of carbonyl (C=O) groups is 1. The van der Waals surface area contributed by atoms with Crippen molar-refractivity contribution in [2.24, 2.45) is 0 Å². The summed E-state index contributed by atoms with van der Waals surface area (Å²) in [4.78, 5) is 10.6. The Balaban J connectivity index is 2.55. The van der Waals surface area contributed by atoms with Crippen molar-refractivity contribution in [3.63, 3.8) is 0 Å². The predicted octanol–water partition coefficient (Wildman–Crippen LogP) is 1.84. The number of H-pyrrole nitrogens is 1. The van der Waals surface area contributed by atoms with Gasteiger partial charge in [0.2, 0.25) is 0 Å². The van der Waals surface area contributed by atoms with Crippen LogP contribution in [0.15, 0.2) is 6.20 Å². The first kappa shape index (κ1) is 9.77. The van der Waals surface area contributed by atoms with E-state index < -0.39 is 5.97 Å². The second-order valence-electron chi connectivity index (χ2n) is 3.03. The Kier molecular flexibility index (Phi) is 3.49. The molecule has 0 amide bonds. The van der Waals surface area contributed by atoms with E-state index in [4.69, 9.17) is 5.11 Å². The maximum Gasteiger partial charge on any atom is 0.354 e. The molecule has 0 saturated carbocycles. The molecule has 0 bridgehead atoms. The quantitative estimate of drug-likeness (QED) is 0.683. The first-order valence-corrected chi connectivity index (χ1v) is 4.51. The monoisotopic (exact) mass is 182 g/mol. The van der Waals surface area contributed by atoms with Crippen molar-refractivity contribution < 1.29 is 9.90 Å². The number of carboxylic acids is 1. The highest BCUT2D eigenvalue weighted by Gasteiger charge is 2.10. The number of hydrogen-bond donors (Lipinski definition) is 2. The number of aryl methyl sites for hydroxylation is 1. The van der Waals surface area contributed by atoms with Gasteiger partial charge in [-0.3, -0.25) is 5.10 Å². The molecule has 0 aliphatic heterocycles. The average molecular weight is 182 g/mol. The van der Waals surface area contributed by atoms with Crippen LogP contribution < -0.4 is 0 Å². The zero-order valence-corrected chi connectivity index (χ0v) is 7.71. The molecule has 2 N–H and O–H groups in total. The Bertz CT molecular complexity index is 281. The van der Waals surface area contributed by atoms with E-state index in [0.717, 1.165) is 31.2 Å². The van der Waals surface area contributed by atoms with Crippen molar-refractivity contribution in [3.05, 3.63) is 17.5 Å². The summed E-state index contributed by atoms with van der Waals surface area (Å²) >= 11 is 0. The van der Waals surface area contributed by atoms with Crippen LogP contribution in [0, 0.1) is 0 Å². The number of carboxylic acid groups (broad SMARTS) is 1. The Morgan fingerprint density at radius 1 is 1.62 bits per heavy atom. The van der Waals surface area contributed by atoms with Gasteiger partial charge < -0.3 is 5.11 Å². The lowest BCUT2D eigenvalue weighted by Crippen LogP contribution is -2.01. The zero-order chi connectivity index (χ0) is 9.68. The van der Waals surface area contributed by atoms with E-state index in [-0.39, 0.29) is 5.69 Å². The Morgan fingerprint density at radius 2 is 2.38 bits per heavy atom. The Labute approximate surface area is 77.0 Å². The number of aromatic amines is 1. The minimum atomic E-state index is -0.927. The van der Waals surface area contributed by atoms with Gasteiger partial charge in [-0.15, -0.1) is 0 Å². The van der Waals surface area contributed by atoms with E-state index in [1.165, 1.54) is 0 Å². The summed E-state index contributed by atoms with van der Waals surface area (Å²) in [5, 5.41) is 14.9. The van der Waals surface area contributed by atoms with E-state index in [1.807, 2.05) is 0 Å². The third-order valence-corrected chi connectivity index (χ3v) is 1.98. The topological polar surface area (TPSA) is 66.0 Å². The summed E-state index contributed by atoms with van der Waals surface area (Å²) in [6, 6.07) is 0. The van der Waals surface area contributed by atoms with Crippen LogP contribution in [0.25, 0.3) is 0 Å². The van der Waals surface area contributed by atoms with Crippen LogP contribution in [0.4, 0.5) is 0 Å². The van der Waals surface area contributed by atoms with Crippen molar-refractivity contribution in [2.45, 2.75) is 32.6 Å². The molecule has 0 atom stereocenters. The minimum absolute atomic E-state index is 0.233. The number of unbranched alkanes of at least 4 members (excludes halogenated alkanes) is 2. The van der Waals surface area contributed by atoms with Crippen LogP contribution in [0.3, 0.4) is 0 Å². The van der Waals surface area contributed by atoms with Gasteiger partial charge in [0, 0.05) is 5.56 Å². The van der Waals surface area contributed by atoms with Gasteiger partial charge in [-0.1, -0.05) is 19.8 Å². The van der Waals surface area contributed by atoms with Crippen LogP contribution in [-0.2, 0) is 6.42 Å². The lowest BCUT2D eigenvalue weighted by Gasteiger charge is -1.97. The number of aromatic carboxylic acids is 1. The summed E-state index contributed by atoms with van der Waals surface area (Å²) in [5.41, 5.74) is 1.04. The lowest BCUT2D eigenvalue weighted by molar-refractivity contribution is 0.0689. The van der Waals surface area contributed by atoms with E-state index in [1.54, 1.807) is 6.20 Å². The molecule has 0 aromatic carbocycles. The summed E-state index contributed by atoms with van der Waals surface area (Å²) in [6.07, 6.45) is 5.69. The molecule has 4 heteroatoms. The molecule has 0 unspecified atom stereocenters. The standard InChI is InChI=1S/C9H14N2O2/c1-2-3-4-5-7-6-10-11-8(7)9(12)13/h6H,2-5H2,1H3,(H,10,11)(H,12,13). The van der Waals surface area contributed by atoms with E-state index in [0.29, 0.717) is 0 Å². The molecule has 0 aliphatic rings. The van der Waals surface area contributed by atoms with Gasteiger partial charge in [0.15, 0.2) is 0 Å². The Morgan fingerprint density at radius 3 is 3.00 bits per heavy atom. The summed E-state index contributed by atoms with van der Waals surface area (Å²) in [5.74, 6) is -0.927. The predicted molar refractivity (Wildman–Crippen MR) is 48.8 cm³/mol. The molecule has 1 aromatic heterocycles. The highest BCUT2D eigenvalue weighted by molar-refractivity contribution is 5.86. The molecule has 1 aromatic rings. The van der Waals surface area contributed by atoms with E-state index in [2.05, 4.69) is 17.1 Å². The van der Waals surface area contributed by atoms with Gasteiger partial charge in [0.1, 0.15) is 5.69 Å². The number of rotatable bonds is 5. The average Bonchev–Trinajstić information content (AvgIpc) is 2.53. The molecular formula is C9H14N2O2. The van der Waals surface area contributed by atoms with Gasteiger partial charge in [0.25, 0.3) is 0 Å². The maximum absolute atomic E-state index is 10.6. The summed E-state index contributed by atoms with van der Waals surface area (Å²) < 4.78 is 0. The first-order chi connectivity index (χ1) is 6.25. The van der Waals surface area contributed by atoms with E-state index in [9.17, 15) is 4.79 Å². The Hall–Kier alpha value is -1.32. The van der Waals surface area contributed by atoms with Gasteiger partial charge in [-0.25, -0.2) is 4.79 Å². The van der Waals surface area contributed by atoms with Crippen LogP contribution in [0.5, 0.6) is 0 Å². The summed E-state index contributed by atoms with van der Waals surface area (Å²) in [6.45, 7) is 2.12. The fourth-order valence-corrected chi connectivity index (χ4v) is 1.25. The zero-order valence-electron chi connectivity index (χ0n) is 7.71. The normalized spacial score (nSPS) is 10.2. The van der Waals surface area contributed by atoms with Crippen LogP contribution in [0.2, 0.25) is 0 Å². The molecule has 0 saturated heterocycles. The number of hydrogen-bond acceptors (Lipinski definition) is 2. The van der Waals surface area contributed by atoms with Gasteiger partial charge in [0.05, 0.1) is 6.20 Å². The molecule has 1 rings (SSSR count). The minimum Gasteiger partial charge on any atom is -0.477 e. The van der Waals surface area contributed by atoms with Crippen molar-refractivity contribution in [1.82, 2.24) is 10.2 Å². The fourth-order valence-electron chi connectivity index (χ4n) is 1.25. The summed E-state index contributed by atoms with van der Waals surface area (Å²) in [7, 11) is 0. The van der Waals surface area contributed by atoms with Crippen molar-refractivity contribution in [2.75, 3.05) is 0 Å². The van der Waals surface area contributed by atoms with Crippen molar-refractivity contribution in [3.8, 4) is 0 Å². The first-order valence-electron chi connectivity index (χ1n) is 4.51. The van der Waals surface area contributed by atoms with Crippen LogP contribution >= 0.6 is 0 Å². The van der Waals surface area contributed by atoms with Crippen molar-refractivity contribution in [1.29, 1.82) is 0 Å². The lowest BCUT2D eigenvalue weighted by atomic mass is 10.1. The van der Waals surface area contributed by atoms with Crippen LogP contribution in [-0.4, -0.2) is 21.3 Å². The third kappa shape index (κ3) is 2.57. The largest absolute Gasteiger partial charge is 0.477 e. The van der Waals surface area contributed by atoms with E-state index >= 15 is 0 Å². The molecule has 0 fully saturated rings. The molecule has 13 heavy (non-hydrogen) atoms. The molecule has 1 heterocycles. The number of aromatic nitrogens is 2. The van der Waals surface area contributed by atoms with Gasteiger partial charge in [-0.2, -0.15) is 5.10 Å². The van der Waals surface area contributed by atoms with Crippen LogP contribution in [0.1, 0.15) is 42.2 Å². The third-order valence-electron chi connectivity index (χ3n) is 1.98.